The lowest BCUT2D eigenvalue weighted by molar-refractivity contribution is -0.113. The van der Waals surface area contributed by atoms with Gasteiger partial charge in [0, 0.05) is 24.4 Å². The van der Waals surface area contributed by atoms with Crippen LogP contribution < -0.4 is 10.1 Å². The Morgan fingerprint density at radius 1 is 1.11 bits per heavy atom. The molecular weight excluding hydrogens is 528 g/mol. The van der Waals surface area contributed by atoms with E-state index in [9.17, 15) is 13.6 Å². The number of carbonyl (C=O) groups excluding carboxylic acids is 1. The summed E-state index contributed by atoms with van der Waals surface area (Å²) in [7, 11) is 1.73. The second kappa shape index (κ2) is 10.9. The Balaban J connectivity index is 1.17. The van der Waals surface area contributed by atoms with E-state index in [1.807, 2.05) is 36.4 Å². The third-order valence-electron chi connectivity index (χ3n) is 5.72. The number of hydrogen-bond donors (Lipinski definition) is 1. The minimum atomic E-state index is -0.798. The van der Waals surface area contributed by atoms with E-state index in [0.29, 0.717) is 16.7 Å². The van der Waals surface area contributed by atoms with Crippen molar-refractivity contribution in [3.63, 3.8) is 0 Å². The maximum absolute atomic E-state index is 13.9. The number of carbonyl (C=O) groups is 1. The zero-order chi connectivity index (χ0) is 26.8. The molecule has 0 aliphatic heterocycles. The number of benzene rings is 3. The van der Waals surface area contributed by atoms with Crippen LogP contribution in [0.5, 0.6) is 5.75 Å². The highest BCUT2D eigenvalue weighted by atomic mass is 32.2. The number of nitrogens with one attached hydrogen (secondary N) is 1. The van der Waals surface area contributed by atoms with Crippen LogP contribution >= 0.6 is 23.1 Å². The summed E-state index contributed by atoms with van der Waals surface area (Å²) in [5.41, 5.74) is 3.84. The number of thioether (sulfide) groups is 1. The molecule has 7 nitrogen and oxygen atoms in total. The summed E-state index contributed by atoms with van der Waals surface area (Å²) in [5, 5.41) is 12.6. The first-order valence-corrected chi connectivity index (χ1v) is 13.5. The number of aromatic nitrogens is 4. The highest BCUT2D eigenvalue weighted by Gasteiger charge is 2.19. The first-order chi connectivity index (χ1) is 18.3. The Morgan fingerprint density at radius 2 is 1.89 bits per heavy atom. The number of hydrogen-bond acceptors (Lipinski definition) is 7. The van der Waals surface area contributed by atoms with Crippen molar-refractivity contribution in [3.8, 4) is 16.3 Å². The lowest BCUT2D eigenvalue weighted by atomic mass is 10.2. The van der Waals surface area contributed by atoms with Crippen LogP contribution in [0.1, 0.15) is 24.4 Å². The van der Waals surface area contributed by atoms with Crippen LogP contribution in [0.3, 0.4) is 0 Å². The van der Waals surface area contributed by atoms with Gasteiger partial charge in [0.1, 0.15) is 10.8 Å². The zero-order valence-corrected chi connectivity index (χ0v) is 22.4. The van der Waals surface area contributed by atoms with Gasteiger partial charge in [-0.1, -0.05) is 17.8 Å². The van der Waals surface area contributed by atoms with Crippen molar-refractivity contribution in [2.24, 2.45) is 7.05 Å². The van der Waals surface area contributed by atoms with Gasteiger partial charge in [0.05, 0.1) is 16.0 Å². The minimum Gasteiger partial charge on any atom is -0.480 e. The fraction of sp³-hybridized carbons (Fsp3) is 0.185. The van der Waals surface area contributed by atoms with E-state index < -0.39 is 17.7 Å². The summed E-state index contributed by atoms with van der Waals surface area (Å²) in [6.07, 6.45) is -0.645. The van der Waals surface area contributed by atoms with Gasteiger partial charge in [-0.2, -0.15) is 0 Å². The van der Waals surface area contributed by atoms with Crippen molar-refractivity contribution < 1.29 is 18.3 Å². The first-order valence-electron chi connectivity index (χ1n) is 11.7. The molecule has 1 amide bonds. The number of aryl methyl sites for hydroxylation is 1. The lowest BCUT2D eigenvalue weighted by Gasteiger charge is -2.14. The Morgan fingerprint density at radius 3 is 2.66 bits per heavy atom. The van der Waals surface area contributed by atoms with Crippen LogP contribution in [0.25, 0.3) is 20.8 Å². The van der Waals surface area contributed by atoms with Crippen molar-refractivity contribution in [3.05, 3.63) is 83.7 Å². The van der Waals surface area contributed by atoms with Gasteiger partial charge in [-0.3, -0.25) is 4.79 Å². The molecule has 0 radical (unpaired) electrons. The summed E-state index contributed by atoms with van der Waals surface area (Å²) < 4.78 is 35.5. The van der Waals surface area contributed by atoms with E-state index in [4.69, 9.17) is 9.72 Å². The standard InChI is InChI=1S/C27H23F2N5O2S2/c1-15-4-10-21-23(12-15)38-26(31-21)17-5-8-19(9-6-17)30-24(35)14-37-27-33-32-25(34(27)3)16(2)36-22-11-7-18(28)13-20(22)29/h4-13,16H,14H2,1-3H3,(H,30,35). The molecule has 0 saturated carbocycles. The molecule has 1 atom stereocenters. The van der Waals surface area contributed by atoms with Gasteiger partial charge in [0.2, 0.25) is 5.91 Å². The predicted molar refractivity (Wildman–Crippen MR) is 146 cm³/mol. The summed E-state index contributed by atoms with van der Waals surface area (Å²) in [4.78, 5) is 17.3. The molecule has 0 aliphatic carbocycles. The van der Waals surface area contributed by atoms with E-state index in [-0.39, 0.29) is 17.4 Å². The minimum absolute atomic E-state index is 0.0836. The monoisotopic (exact) mass is 551 g/mol. The number of thiazole rings is 1. The normalized spacial score (nSPS) is 12.0. The lowest BCUT2D eigenvalue weighted by Crippen LogP contribution is -2.15. The van der Waals surface area contributed by atoms with E-state index in [1.165, 1.54) is 23.4 Å². The smallest absolute Gasteiger partial charge is 0.234 e. The Kier molecular flexibility index (Phi) is 7.39. The van der Waals surface area contributed by atoms with E-state index in [0.717, 1.165) is 32.9 Å². The van der Waals surface area contributed by atoms with Gasteiger partial charge in [0.15, 0.2) is 28.7 Å². The van der Waals surface area contributed by atoms with Crippen LogP contribution in [0, 0.1) is 18.6 Å². The van der Waals surface area contributed by atoms with Gasteiger partial charge in [-0.25, -0.2) is 13.8 Å². The average Bonchev–Trinajstić information content (AvgIpc) is 3.47. The molecule has 0 spiro atoms. The van der Waals surface area contributed by atoms with Crippen LogP contribution in [-0.4, -0.2) is 31.4 Å². The molecule has 2 heterocycles. The van der Waals surface area contributed by atoms with E-state index >= 15 is 0 Å². The SMILES string of the molecule is Cc1ccc2nc(-c3ccc(NC(=O)CSc4nnc(C(C)Oc5ccc(F)cc5F)n4C)cc3)sc2c1. The topological polar surface area (TPSA) is 81.9 Å². The van der Waals surface area contributed by atoms with Crippen LogP contribution in [0.15, 0.2) is 65.8 Å². The third-order valence-corrected chi connectivity index (χ3v) is 7.81. The Bertz CT molecular complexity index is 1620. The summed E-state index contributed by atoms with van der Waals surface area (Å²) in [5.74, 6) is -1.20. The number of amides is 1. The Labute approximate surface area is 225 Å². The van der Waals surface area contributed by atoms with Crippen molar-refractivity contribution in [1.82, 2.24) is 19.7 Å². The number of anilines is 1. The summed E-state index contributed by atoms with van der Waals surface area (Å²) in [6, 6.07) is 16.9. The molecule has 5 rings (SSSR count). The van der Waals surface area contributed by atoms with Crippen LogP contribution in [0.4, 0.5) is 14.5 Å². The molecule has 5 aromatic rings. The average molecular weight is 552 g/mol. The highest BCUT2D eigenvalue weighted by molar-refractivity contribution is 7.99. The van der Waals surface area contributed by atoms with Gasteiger partial charge in [0.25, 0.3) is 0 Å². The van der Waals surface area contributed by atoms with Crippen LogP contribution in [-0.2, 0) is 11.8 Å². The fourth-order valence-corrected chi connectivity index (χ4v) is 5.59. The van der Waals surface area contributed by atoms with Gasteiger partial charge >= 0.3 is 0 Å². The van der Waals surface area contributed by atoms with Crippen LogP contribution in [0.2, 0.25) is 0 Å². The predicted octanol–water partition coefficient (Wildman–Crippen LogP) is 6.55. The van der Waals surface area contributed by atoms with Crippen molar-refractivity contribution in [1.29, 1.82) is 0 Å². The highest BCUT2D eigenvalue weighted by Crippen LogP contribution is 2.31. The number of halogens is 2. The van der Waals surface area contributed by atoms with Crippen molar-refractivity contribution in [2.75, 3.05) is 11.1 Å². The number of ether oxygens (including phenoxy) is 1. The maximum Gasteiger partial charge on any atom is 0.234 e. The fourth-order valence-electron chi connectivity index (χ4n) is 3.80. The Hall–Kier alpha value is -3.83. The maximum atomic E-state index is 13.9. The largest absolute Gasteiger partial charge is 0.480 e. The molecule has 11 heteroatoms. The molecule has 1 N–H and O–H groups in total. The van der Waals surface area contributed by atoms with Gasteiger partial charge in [-0.05, 0) is 67.9 Å². The molecule has 3 aromatic carbocycles. The third kappa shape index (κ3) is 5.68. The number of fused-ring (bicyclic) bond motifs is 1. The molecule has 0 fully saturated rings. The van der Waals surface area contributed by atoms with Gasteiger partial charge in [-0.15, -0.1) is 21.5 Å². The number of nitrogens with zero attached hydrogens (tertiary/aromatic N) is 4. The molecular formula is C27H23F2N5O2S2. The van der Waals surface area contributed by atoms with Gasteiger partial charge < -0.3 is 14.6 Å². The molecule has 1 unspecified atom stereocenters. The summed E-state index contributed by atoms with van der Waals surface area (Å²) in [6.45, 7) is 3.75. The van der Waals surface area contributed by atoms with E-state index in [2.05, 4.69) is 28.5 Å². The quantitative estimate of drug-likeness (QED) is 0.220. The first kappa shape index (κ1) is 25.8. The molecule has 38 heavy (non-hydrogen) atoms. The molecule has 2 aromatic heterocycles. The second-order valence-electron chi connectivity index (χ2n) is 8.64. The summed E-state index contributed by atoms with van der Waals surface area (Å²) >= 11 is 2.85. The van der Waals surface area contributed by atoms with Crippen molar-refractivity contribution >= 4 is 44.9 Å². The molecule has 0 saturated heterocycles. The zero-order valence-electron chi connectivity index (χ0n) is 20.7. The second-order valence-corrected chi connectivity index (χ2v) is 10.6. The van der Waals surface area contributed by atoms with E-state index in [1.54, 1.807) is 29.9 Å². The molecule has 0 bridgehead atoms. The molecule has 0 aliphatic rings. The van der Waals surface area contributed by atoms with Crippen molar-refractivity contribution in [2.45, 2.75) is 25.1 Å². The number of rotatable bonds is 8. The molecule has 194 valence electrons.